The standard InChI is InChI=1S/C17H24N2O2/c1-17(2,3)21-16(20)19-10-8-13-12-6-4-5-7-14(12)18-15(13)9-11-19/h4-5,7,12,18H,6,8-11H2,1-3H3. The third-order valence-electron chi connectivity index (χ3n) is 4.20. The van der Waals surface area contributed by atoms with E-state index < -0.39 is 5.60 Å². The summed E-state index contributed by atoms with van der Waals surface area (Å²) in [6.07, 6.45) is 9.24. The lowest BCUT2D eigenvalue weighted by Crippen LogP contribution is -2.38. The van der Waals surface area contributed by atoms with Crippen molar-refractivity contribution in [3.8, 4) is 0 Å². The fraction of sp³-hybridized carbons (Fsp3) is 0.588. The van der Waals surface area contributed by atoms with Crippen LogP contribution in [0.3, 0.4) is 0 Å². The number of nitrogens with one attached hydrogen (secondary N) is 1. The van der Waals surface area contributed by atoms with Crippen molar-refractivity contribution in [2.24, 2.45) is 5.92 Å². The minimum Gasteiger partial charge on any atom is -0.444 e. The van der Waals surface area contributed by atoms with Gasteiger partial charge in [-0.25, -0.2) is 4.79 Å². The first kappa shape index (κ1) is 14.2. The van der Waals surface area contributed by atoms with E-state index in [1.54, 1.807) is 0 Å². The zero-order chi connectivity index (χ0) is 15.0. The van der Waals surface area contributed by atoms with Gasteiger partial charge in [0.05, 0.1) is 0 Å². The number of hydrogen-bond donors (Lipinski definition) is 1. The molecule has 0 aromatic heterocycles. The molecule has 0 bridgehead atoms. The summed E-state index contributed by atoms with van der Waals surface area (Å²) in [4.78, 5) is 14.1. The van der Waals surface area contributed by atoms with Crippen LogP contribution in [0.1, 0.15) is 40.0 Å². The highest BCUT2D eigenvalue weighted by Gasteiger charge is 2.33. The van der Waals surface area contributed by atoms with E-state index in [1.165, 1.54) is 17.0 Å². The smallest absolute Gasteiger partial charge is 0.410 e. The molecule has 0 aromatic carbocycles. The molecule has 4 nitrogen and oxygen atoms in total. The third-order valence-corrected chi connectivity index (χ3v) is 4.20. The molecule has 0 saturated heterocycles. The molecule has 3 rings (SSSR count). The topological polar surface area (TPSA) is 41.6 Å². The van der Waals surface area contributed by atoms with E-state index in [0.29, 0.717) is 5.92 Å². The van der Waals surface area contributed by atoms with Crippen LogP contribution in [-0.4, -0.2) is 29.7 Å². The number of rotatable bonds is 0. The van der Waals surface area contributed by atoms with E-state index in [1.807, 2.05) is 25.7 Å². The Morgan fingerprint density at radius 2 is 2.10 bits per heavy atom. The van der Waals surface area contributed by atoms with Crippen LogP contribution in [0.5, 0.6) is 0 Å². The van der Waals surface area contributed by atoms with Crippen molar-refractivity contribution in [1.82, 2.24) is 10.2 Å². The molecule has 0 spiro atoms. The van der Waals surface area contributed by atoms with Crippen LogP contribution < -0.4 is 5.32 Å². The molecule has 0 saturated carbocycles. The number of hydrogen-bond acceptors (Lipinski definition) is 3. The molecule has 1 unspecified atom stereocenters. The summed E-state index contributed by atoms with van der Waals surface area (Å²) in [5.74, 6) is 0.503. The van der Waals surface area contributed by atoms with Gasteiger partial charge in [-0.2, -0.15) is 0 Å². The molecule has 3 aliphatic rings. The largest absolute Gasteiger partial charge is 0.444 e. The van der Waals surface area contributed by atoms with Crippen LogP contribution in [0.25, 0.3) is 0 Å². The summed E-state index contributed by atoms with van der Waals surface area (Å²) in [6.45, 7) is 7.22. The van der Waals surface area contributed by atoms with Crippen molar-refractivity contribution < 1.29 is 9.53 Å². The summed E-state index contributed by atoms with van der Waals surface area (Å²) in [7, 11) is 0. The van der Waals surface area contributed by atoms with Crippen molar-refractivity contribution in [1.29, 1.82) is 0 Å². The molecule has 2 heterocycles. The predicted molar refractivity (Wildman–Crippen MR) is 82.5 cm³/mol. The molecule has 0 aromatic rings. The fourth-order valence-electron chi connectivity index (χ4n) is 3.22. The highest BCUT2D eigenvalue weighted by atomic mass is 16.6. The molecule has 21 heavy (non-hydrogen) atoms. The minimum atomic E-state index is -0.429. The monoisotopic (exact) mass is 288 g/mol. The zero-order valence-corrected chi connectivity index (χ0v) is 13.1. The summed E-state index contributed by atoms with van der Waals surface area (Å²) in [5.41, 5.74) is 3.70. The van der Waals surface area contributed by atoms with Gasteiger partial charge in [0.2, 0.25) is 0 Å². The van der Waals surface area contributed by atoms with Crippen LogP contribution in [0.15, 0.2) is 35.2 Å². The van der Waals surface area contributed by atoms with Gasteiger partial charge in [-0.05, 0) is 45.3 Å². The second kappa shape index (κ2) is 5.24. The number of nitrogens with zero attached hydrogens (tertiary/aromatic N) is 1. The number of fused-ring (bicyclic) bond motifs is 2. The van der Waals surface area contributed by atoms with E-state index in [-0.39, 0.29) is 6.09 Å². The first-order valence-electron chi connectivity index (χ1n) is 7.77. The van der Waals surface area contributed by atoms with Gasteiger partial charge in [-0.15, -0.1) is 0 Å². The molecule has 1 atom stereocenters. The van der Waals surface area contributed by atoms with Crippen LogP contribution in [-0.2, 0) is 4.74 Å². The van der Waals surface area contributed by atoms with E-state index in [0.717, 1.165) is 32.4 Å². The Balaban J connectivity index is 1.65. The summed E-state index contributed by atoms with van der Waals surface area (Å²) in [6, 6.07) is 0. The normalized spacial score (nSPS) is 24.8. The van der Waals surface area contributed by atoms with Crippen LogP contribution in [0.2, 0.25) is 0 Å². The van der Waals surface area contributed by atoms with Crippen LogP contribution >= 0.6 is 0 Å². The number of carbonyl (C=O) groups is 1. The van der Waals surface area contributed by atoms with Crippen molar-refractivity contribution in [2.45, 2.75) is 45.6 Å². The van der Waals surface area contributed by atoms with Crippen molar-refractivity contribution in [2.75, 3.05) is 13.1 Å². The highest BCUT2D eigenvalue weighted by Crippen LogP contribution is 2.38. The van der Waals surface area contributed by atoms with Gasteiger partial charge in [0, 0.05) is 36.8 Å². The van der Waals surface area contributed by atoms with Gasteiger partial charge in [0.25, 0.3) is 0 Å². The molecule has 1 aliphatic carbocycles. The van der Waals surface area contributed by atoms with Gasteiger partial charge in [0.1, 0.15) is 5.60 Å². The lowest BCUT2D eigenvalue weighted by Gasteiger charge is -2.27. The molecule has 4 heteroatoms. The Hall–Kier alpha value is -1.71. The van der Waals surface area contributed by atoms with Crippen LogP contribution in [0, 0.1) is 5.92 Å². The maximum atomic E-state index is 12.2. The predicted octanol–water partition coefficient (Wildman–Crippen LogP) is 3.33. The lowest BCUT2D eigenvalue weighted by molar-refractivity contribution is 0.0257. The van der Waals surface area contributed by atoms with Gasteiger partial charge >= 0.3 is 6.09 Å². The number of allylic oxidation sites excluding steroid dienone is 4. The Morgan fingerprint density at radius 3 is 2.86 bits per heavy atom. The van der Waals surface area contributed by atoms with Crippen molar-refractivity contribution >= 4 is 6.09 Å². The molecule has 2 aliphatic heterocycles. The highest BCUT2D eigenvalue weighted by molar-refractivity contribution is 5.68. The molecule has 0 fully saturated rings. The Labute approximate surface area is 126 Å². The molecule has 1 amide bonds. The number of carbonyl (C=O) groups excluding carboxylic acids is 1. The summed E-state index contributed by atoms with van der Waals surface area (Å²) in [5, 5.41) is 3.55. The first-order chi connectivity index (χ1) is 9.94. The van der Waals surface area contributed by atoms with E-state index in [9.17, 15) is 4.79 Å². The summed E-state index contributed by atoms with van der Waals surface area (Å²) < 4.78 is 5.49. The first-order valence-corrected chi connectivity index (χ1v) is 7.77. The van der Waals surface area contributed by atoms with Gasteiger partial charge < -0.3 is 15.0 Å². The van der Waals surface area contributed by atoms with E-state index >= 15 is 0 Å². The van der Waals surface area contributed by atoms with E-state index in [2.05, 4.69) is 23.5 Å². The molecular weight excluding hydrogens is 264 g/mol. The quantitative estimate of drug-likeness (QED) is 0.743. The maximum absolute atomic E-state index is 12.2. The third kappa shape index (κ3) is 2.99. The average Bonchev–Trinajstić information content (AvgIpc) is 2.61. The van der Waals surface area contributed by atoms with E-state index in [4.69, 9.17) is 4.74 Å². The molecule has 0 radical (unpaired) electrons. The molecule has 1 N–H and O–H groups in total. The Morgan fingerprint density at radius 1 is 1.33 bits per heavy atom. The van der Waals surface area contributed by atoms with Crippen LogP contribution in [0.4, 0.5) is 4.79 Å². The number of ether oxygens (including phenoxy) is 1. The maximum Gasteiger partial charge on any atom is 0.410 e. The van der Waals surface area contributed by atoms with Gasteiger partial charge in [-0.3, -0.25) is 0 Å². The second-order valence-corrected chi connectivity index (χ2v) is 6.93. The average molecular weight is 288 g/mol. The summed E-state index contributed by atoms with van der Waals surface area (Å²) >= 11 is 0. The van der Waals surface area contributed by atoms with Crippen molar-refractivity contribution in [3.63, 3.8) is 0 Å². The SMILES string of the molecule is CC(C)(C)OC(=O)N1CCC2=C(CC1)C1CC=CC=C1N2. The van der Waals surface area contributed by atoms with Gasteiger partial charge in [-0.1, -0.05) is 12.2 Å². The molecule has 114 valence electrons. The zero-order valence-electron chi connectivity index (χ0n) is 13.1. The fourth-order valence-corrected chi connectivity index (χ4v) is 3.22. The number of amides is 1. The Bertz CT molecular complexity index is 537. The second-order valence-electron chi connectivity index (χ2n) is 6.93. The molecular formula is C17H24N2O2. The van der Waals surface area contributed by atoms with Gasteiger partial charge in [0.15, 0.2) is 0 Å². The Kier molecular flexibility index (Phi) is 3.56. The minimum absolute atomic E-state index is 0.192. The van der Waals surface area contributed by atoms with Crippen molar-refractivity contribution in [3.05, 3.63) is 35.2 Å². The lowest BCUT2D eigenvalue weighted by atomic mass is 9.89.